The van der Waals surface area contributed by atoms with Gasteiger partial charge in [-0.05, 0) is 0 Å². The second-order valence-electron chi connectivity index (χ2n) is 2.03. The average molecular weight is 497 g/mol. The molecule has 2 bridgehead atoms. The molecule has 0 saturated carbocycles. The average Bonchev–Trinajstić information content (AvgIpc) is 1.78. The van der Waals surface area contributed by atoms with Crippen molar-refractivity contribution in [2.45, 2.75) is 6.16 Å². The van der Waals surface area contributed by atoms with E-state index in [0.29, 0.717) is 0 Å². The van der Waals surface area contributed by atoms with E-state index in [1.807, 2.05) is 0 Å². The molecule has 4 saturated heterocycles. The van der Waals surface area contributed by atoms with Crippen LogP contribution in [0.5, 0.6) is 0 Å². The molecule has 4 heterocycles. The van der Waals surface area contributed by atoms with Gasteiger partial charge in [0.2, 0.25) is 0 Å². The third-order valence-electron chi connectivity index (χ3n) is 1.19. The Balaban J connectivity index is 1.70. The van der Waals surface area contributed by atoms with Gasteiger partial charge < -0.3 is 0 Å². The molecule has 0 spiro atoms. The van der Waals surface area contributed by atoms with E-state index in [1.165, 1.54) is 0 Å². The minimum absolute atomic E-state index is 1.56. The van der Waals surface area contributed by atoms with Crippen LogP contribution in [0, 0.1) is 0 Å². The standard InChI is InChI=1S/CH2As2O8.Pb/c4-2(5,6)8-1-9-3(7,10-1)11-1;/h(H2,4,5,6);/q;+2/p-2. The summed E-state index contributed by atoms with van der Waals surface area (Å²) >= 11 is -9.49. The maximum atomic E-state index is 11.1. The zero-order chi connectivity index (χ0) is 8.45. The minimum atomic E-state index is -4.07. The molecule has 12 heavy (non-hydrogen) atoms. The predicted octanol–water partition coefficient (Wildman–Crippen LogP) is -2.00. The van der Waals surface area contributed by atoms with Gasteiger partial charge in [0.1, 0.15) is 0 Å². The first kappa shape index (κ1) is 8.69. The monoisotopic (exact) mass is 498 g/mol. The molecular formula is CAs2O8Pb. The van der Waals surface area contributed by atoms with Gasteiger partial charge in [0.05, 0.1) is 0 Å². The molecular weight excluding hydrogens is 497 g/mol. The quantitative estimate of drug-likeness (QED) is 0.406. The van der Waals surface area contributed by atoms with Crippen LogP contribution in [0.1, 0.15) is 0 Å². The SMILES string of the molecule is O=[As]1(OC23O[As](=O)(O2)O3)[O][Pb][O]1. The van der Waals surface area contributed by atoms with Crippen molar-refractivity contribution in [1.29, 1.82) is 0 Å². The van der Waals surface area contributed by atoms with Crippen molar-refractivity contribution >= 4 is 54.2 Å². The summed E-state index contributed by atoms with van der Waals surface area (Å²) in [5.41, 5.74) is 0. The molecule has 66 valence electrons. The van der Waals surface area contributed by atoms with Crippen LogP contribution in [0.4, 0.5) is 0 Å². The van der Waals surface area contributed by atoms with Crippen LogP contribution >= 0.6 is 0 Å². The van der Waals surface area contributed by atoms with E-state index in [-0.39, 0.29) is 0 Å². The molecule has 4 aliphatic heterocycles. The molecule has 0 aromatic carbocycles. The number of rotatable bonds is 2. The Bertz CT molecular complexity index is 301. The molecule has 11 heteroatoms. The van der Waals surface area contributed by atoms with Crippen LogP contribution in [-0.4, -0.2) is 60.3 Å². The van der Waals surface area contributed by atoms with E-state index in [4.69, 9.17) is 3.35 Å². The van der Waals surface area contributed by atoms with Gasteiger partial charge in [0.25, 0.3) is 0 Å². The Morgan fingerprint density at radius 2 is 1.75 bits per heavy atom. The van der Waals surface area contributed by atoms with Gasteiger partial charge in [-0.1, -0.05) is 0 Å². The molecule has 2 radical (unpaired) electrons. The Labute approximate surface area is 85.4 Å². The van der Waals surface area contributed by atoms with Crippen LogP contribution < -0.4 is 0 Å². The molecule has 0 N–H and O–H groups in total. The van der Waals surface area contributed by atoms with E-state index >= 15 is 0 Å². The summed E-state index contributed by atoms with van der Waals surface area (Å²) in [4.78, 5) is 0. The first-order chi connectivity index (χ1) is 5.54. The molecule has 0 aromatic heterocycles. The van der Waals surface area contributed by atoms with E-state index < -0.39 is 60.3 Å². The zero-order valence-electron chi connectivity index (χ0n) is 5.16. The first-order valence-corrected chi connectivity index (χ1v) is 12.0. The van der Waals surface area contributed by atoms with E-state index in [1.54, 1.807) is 0 Å². The second-order valence-corrected chi connectivity index (χ2v) is 16.1. The zero-order valence-corrected chi connectivity index (χ0v) is 12.8. The molecule has 8 nitrogen and oxygen atoms in total. The maximum absolute atomic E-state index is 11.1. The fourth-order valence-electron chi connectivity index (χ4n) is 0.754. The van der Waals surface area contributed by atoms with Gasteiger partial charge in [0, 0.05) is 0 Å². The summed E-state index contributed by atoms with van der Waals surface area (Å²) in [6.45, 7) is 0. The van der Waals surface area contributed by atoms with Crippen molar-refractivity contribution in [3.63, 3.8) is 0 Å². The number of hydrogen-bond acceptors (Lipinski definition) is 8. The Kier molecular flexibility index (Phi) is 1.67. The summed E-state index contributed by atoms with van der Waals surface area (Å²) in [6, 6.07) is 0. The van der Waals surface area contributed by atoms with Gasteiger partial charge in [-0.25, -0.2) is 0 Å². The van der Waals surface area contributed by atoms with E-state index in [2.05, 4.69) is 14.9 Å². The number of hydrogen-bond donors (Lipinski definition) is 0. The van der Waals surface area contributed by atoms with Gasteiger partial charge >= 0.3 is 86.1 Å². The first-order valence-electron chi connectivity index (χ1n) is 2.69. The van der Waals surface area contributed by atoms with Crippen molar-refractivity contribution in [3.05, 3.63) is 0 Å². The summed E-state index contributed by atoms with van der Waals surface area (Å²) in [6.07, 6.45) is -1.83. The van der Waals surface area contributed by atoms with Gasteiger partial charge in [-0.15, -0.1) is 0 Å². The van der Waals surface area contributed by atoms with Gasteiger partial charge in [-0.3, -0.25) is 0 Å². The van der Waals surface area contributed by atoms with Crippen molar-refractivity contribution in [1.82, 2.24) is 0 Å². The van der Waals surface area contributed by atoms with Crippen molar-refractivity contribution in [2.75, 3.05) is 0 Å². The Hall–Kier alpha value is 1.40. The molecule has 0 atom stereocenters. The van der Waals surface area contributed by atoms with Gasteiger partial charge in [0.15, 0.2) is 0 Å². The molecule has 0 unspecified atom stereocenters. The second kappa shape index (κ2) is 2.31. The van der Waals surface area contributed by atoms with Crippen molar-refractivity contribution in [3.8, 4) is 0 Å². The van der Waals surface area contributed by atoms with Crippen LogP contribution in [0.25, 0.3) is 0 Å². The summed E-state index contributed by atoms with van der Waals surface area (Å²) in [5.74, 6) is 0. The molecule has 0 aliphatic carbocycles. The Morgan fingerprint density at radius 3 is 2.08 bits per heavy atom. The topological polar surface area (TPSA) is 89.5 Å². The molecule has 0 amide bonds. The van der Waals surface area contributed by atoms with Crippen LogP contribution in [0.3, 0.4) is 0 Å². The normalized spacial score (nSPS) is 53.3. The molecule has 4 fully saturated rings. The van der Waals surface area contributed by atoms with Crippen LogP contribution in [0.15, 0.2) is 0 Å². The van der Waals surface area contributed by atoms with E-state index in [0.717, 1.165) is 0 Å². The fraction of sp³-hybridized carbons (Fsp3) is 1.00. The van der Waals surface area contributed by atoms with E-state index in [9.17, 15) is 7.48 Å². The fourth-order valence-corrected chi connectivity index (χ4v) is 10.5. The summed E-state index contributed by atoms with van der Waals surface area (Å²) < 4.78 is 49.4. The molecule has 4 aliphatic rings. The van der Waals surface area contributed by atoms with Crippen molar-refractivity contribution in [2.24, 2.45) is 0 Å². The summed E-state index contributed by atoms with van der Waals surface area (Å²) in [7, 11) is 0. The third kappa shape index (κ3) is 1.11. The Morgan fingerprint density at radius 1 is 1.17 bits per heavy atom. The summed E-state index contributed by atoms with van der Waals surface area (Å²) in [5, 5.41) is 0. The predicted molar refractivity (Wildman–Crippen MR) is 27.9 cm³/mol. The van der Waals surface area contributed by atoms with Crippen LogP contribution in [0.2, 0.25) is 0 Å². The third-order valence-corrected chi connectivity index (χ3v) is 18.2. The van der Waals surface area contributed by atoms with Crippen LogP contribution in [-0.2, 0) is 25.7 Å². The van der Waals surface area contributed by atoms with Crippen molar-refractivity contribution < 1.29 is 25.7 Å². The van der Waals surface area contributed by atoms with Gasteiger partial charge in [-0.2, -0.15) is 0 Å². The molecule has 0 aromatic rings. The molecule has 4 rings (SSSR count).